The van der Waals surface area contributed by atoms with Crippen LogP contribution in [0.1, 0.15) is 44.2 Å². The largest absolute Gasteiger partial charge is 0.0839 e. The van der Waals surface area contributed by atoms with Gasteiger partial charge in [-0.05, 0) is 24.0 Å². The van der Waals surface area contributed by atoms with E-state index in [9.17, 15) is 0 Å². The molecule has 14 heavy (non-hydrogen) atoms. The Morgan fingerprint density at radius 3 is 2.57 bits per heavy atom. The van der Waals surface area contributed by atoms with Gasteiger partial charge in [-0.25, -0.2) is 0 Å². The maximum atomic E-state index is 2.27. The van der Waals surface area contributed by atoms with Crippen LogP contribution >= 0.6 is 0 Å². The molecule has 0 nitrogen and oxygen atoms in total. The lowest BCUT2D eigenvalue weighted by atomic mass is 10.0. The maximum Gasteiger partial charge on any atom is -0.0228 e. The van der Waals surface area contributed by atoms with E-state index in [-0.39, 0.29) is 0 Å². The van der Waals surface area contributed by atoms with E-state index in [4.69, 9.17) is 0 Å². The minimum atomic E-state index is 1.18. The van der Waals surface area contributed by atoms with Gasteiger partial charge >= 0.3 is 0 Å². The van der Waals surface area contributed by atoms with E-state index in [1.807, 2.05) is 0 Å². The molecule has 0 unspecified atom stereocenters. The molecule has 76 valence electrons. The van der Waals surface area contributed by atoms with Crippen LogP contribution in [0.5, 0.6) is 0 Å². The molecule has 0 aliphatic heterocycles. The molecule has 0 aromatic heterocycles. The predicted octanol–water partition coefficient (Wildman–Crippen LogP) is 4.45. The van der Waals surface area contributed by atoms with E-state index < -0.39 is 0 Å². The maximum absolute atomic E-state index is 2.27. The summed E-state index contributed by atoms with van der Waals surface area (Å²) in [7, 11) is 0. The molecule has 0 N–H and O–H groups in total. The van der Waals surface area contributed by atoms with Gasteiger partial charge in [-0.1, -0.05) is 63.1 Å². The van der Waals surface area contributed by atoms with Gasteiger partial charge in [0, 0.05) is 0 Å². The standard InChI is InChI=1S/C14H20/c1-3-5-6-10-14-12-8-7-11-13(14)9-4-2/h6-8,10-12H,3-5,9H2,1-2H3. The third-order valence-corrected chi connectivity index (χ3v) is 2.33. The highest BCUT2D eigenvalue weighted by molar-refractivity contribution is 5.53. The molecule has 0 heteroatoms. The van der Waals surface area contributed by atoms with Crippen molar-refractivity contribution in [2.45, 2.75) is 39.5 Å². The zero-order valence-electron chi connectivity index (χ0n) is 9.29. The van der Waals surface area contributed by atoms with Gasteiger partial charge < -0.3 is 0 Å². The summed E-state index contributed by atoms with van der Waals surface area (Å²) >= 11 is 0. The van der Waals surface area contributed by atoms with Crippen molar-refractivity contribution in [1.29, 1.82) is 0 Å². The number of aryl methyl sites for hydroxylation is 1. The molecule has 1 rings (SSSR count). The molecular weight excluding hydrogens is 168 g/mol. The average Bonchev–Trinajstić information content (AvgIpc) is 2.21. The van der Waals surface area contributed by atoms with Gasteiger partial charge in [0.05, 0.1) is 0 Å². The molecule has 1 aromatic rings. The highest BCUT2D eigenvalue weighted by Crippen LogP contribution is 2.13. The van der Waals surface area contributed by atoms with Crippen LogP contribution in [0.3, 0.4) is 0 Å². The molecule has 1 aromatic carbocycles. The molecule has 0 fully saturated rings. The molecule has 0 aliphatic rings. The summed E-state index contributed by atoms with van der Waals surface area (Å²) in [6, 6.07) is 8.68. The van der Waals surface area contributed by atoms with Crippen LogP contribution in [0.25, 0.3) is 6.08 Å². The summed E-state index contributed by atoms with van der Waals surface area (Å²) in [6.45, 7) is 4.44. The topological polar surface area (TPSA) is 0 Å². The van der Waals surface area contributed by atoms with Crippen LogP contribution < -0.4 is 0 Å². The van der Waals surface area contributed by atoms with Crippen molar-refractivity contribution in [3.8, 4) is 0 Å². The Bertz CT molecular complexity index is 284. The molecular formula is C14H20. The second kappa shape index (κ2) is 6.42. The lowest BCUT2D eigenvalue weighted by molar-refractivity contribution is 0.919. The number of hydrogen-bond acceptors (Lipinski definition) is 0. The molecule has 0 radical (unpaired) electrons. The van der Waals surface area contributed by atoms with Crippen molar-refractivity contribution in [3.63, 3.8) is 0 Å². The molecule has 0 aliphatic carbocycles. The monoisotopic (exact) mass is 188 g/mol. The highest BCUT2D eigenvalue weighted by atomic mass is 14.0. The number of unbranched alkanes of at least 4 members (excludes halogenated alkanes) is 1. The Labute approximate surface area is 87.7 Å². The number of benzene rings is 1. The summed E-state index contributed by atoms with van der Waals surface area (Å²) in [5.41, 5.74) is 2.87. The Morgan fingerprint density at radius 2 is 1.86 bits per heavy atom. The summed E-state index contributed by atoms with van der Waals surface area (Å²) in [5, 5.41) is 0. The van der Waals surface area contributed by atoms with Crippen LogP contribution in [-0.2, 0) is 6.42 Å². The zero-order valence-corrected chi connectivity index (χ0v) is 9.29. The van der Waals surface area contributed by atoms with Gasteiger partial charge in [0.15, 0.2) is 0 Å². The number of hydrogen-bond donors (Lipinski definition) is 0. The van der Waals surface area contributed by atoms with Gasteiger partial charge in [-0.3, -0.25) is 0 Å². The lowest BCUT2D eigenvalue weighted by Gasteiger charge is -2.03. The smallest absolute Gasteiger partial charge is 0.0228 e. The van der Waals surface area contributed by atoms with Crippen molar-refractivity contribution in [3.05, 3.63) is 41.5 Å². The van der Waals surface area contributed by atoms with Gasteiger partial charge in [-0.2, -0.15) is 0 Å². The molecule has 0 saturated carbocycles. The first-order valence-electron chi connectivity index (χ1n) is 5.63. The van der Waals surface area contributed by atoms with Crippen LogP contribution in [0, 0.1) is 0 Å². The van der Waals surface area contributed by atoms with Crippen molar-refractivity contribution >= 4 is 6.08 Å². The summed E-state index contributed by atoms with van der Waals surface area (Å²) < 4.78 is 0. The Hall–Kier alpha value is -1.04. The summed E-state index contributed by atoms with van der Waals surface area (Å²) in [4.78, 5) is 0. The van der Waals surface area contributed by atoms with E-state index in [1.165, 1.54) is 36.8 Å². The minimum Gasteiger partial charge on any atom is -0.0839 e. The Morgan fingerprint density at radius 1 is 1.07 bits per heavy atom. The quantitative estimate of drug-likeness (QED) is 0.640. The SMILES string of the molecule is CCCC=Cc1ccccc1CCC. The summed E-state index contributed by atoms with van der Waals surface area (Å²) in [5.74, 6) is 0. The number of rotatable bonds is 5. The molecule has 0 heterocycles. The first-order valence-corrected chi connectivity index (χ1v) is 5.63. The first-order chi connectivity index (χ1) is 6.88. The van der Waals surface area contributed by atoms with Crippen molar-refractivity contribution in [1.82, 2.24) is 0 Å². The fourth-order valence-electron chi connectivity index (χ4n) is 1.57. The Kier molecular flexibility index (Phi) is 5.06. The van der Waals surface area contributed by atoms with E-state index >= 15 is 0 Å². The van der Waals surface area contributed by atoms with Gasteiger partial charge in [0.25, 0.3) is 0 Å². The number of allylic oxidation sites excluding steroid dienone is 1. The van der Waals surface area contributed by atoms with Crippen LogP contribution in [0.4, 0.5) is 0 Å². The third kappa shape index (κ3) is 3.37. The molecule has 0 saturated heterocycles. The Balaban J connectivity index is 2.73. The molecule has 0 spiro atoms. The van der Waals surface area contributed by atoms with Crippen LogP contribution in [0.2, 0.25) is 0 Å². The summed E-state index contributed by atoms with van der Waals surface area (Å²) in [6.07, 6.45) is 9.35. The van der Waals surface area contributed by atoms with Crippen molar-refractivity contribution < 1.29 is 0 Å². The molecule has 0 atom stereocenters. The fourth-order valence-corrected chi connectivity index (χ4v) is 1.57. The van der Waals surface area contributed by atoms with Crippen LogP contribution in [0.15, 0.2) is 30.3 Å². The zero-order chi connectivity index (χ0) is 10.2. The third-order valence-electron chi connectivity index (χ3n) is 2.33. The van der Waals surface area contributed by atoms with Crippen LogP contribution in [-0.4, -0.2) is 0 Å². The van der Waals surface area contributed by atoms with Gasteiger partial charge in [0.2, 0.25) is 0 Å². The second-order valence-electron chi connectivity index (χ2n) is 3.64. The second-order valence-corrected chi connectivity index (χ2v) is 3.64. The van der Waals surface area contributed by atoms with E-state index in [0.717, 1.165) is 0 Å². The highest BCUT2D eigenvalue weighted by Gasteiger charge is 1.95. The first kappa shape index (κ1) is 11.0. The fraction of sp³-hybridized carbons (Fsp3) is 0.429. The van der Waals surface area contributed by atoms with E-state index in [0.29, 0.717) is 0 Å². The normalized spacial score (nSPS) is 11.0. The lowest BCUT2D eigenvalue weighted by Crippen LogP contribution is -1.87. The van der Waals surface area contributed by atoms with Crippen molar-refractivity contribution in [2.75, 3.05) is 0 Å². The van der Waals surface area contributed by atoms with Crippen molar-refractivity contribution in [2.24, 2.45) is 0 Å². The van der Waals surface area contributed by atoms with E-state index in [2.05, 4.69) is 50.3 Å². The molecule has 0 bridgehead atoms. The molecule has 0 amide bonds. The van der Waals surface area contributed by atoms with Gasteiger partial charge in [0.1, 0.15) is 0 Å². The van der Waals surface area contributed by atoms with Gasteiger partial charge in [-0.15, -0.1) is 0 Å². The predicted molar refractivity (Wildman–Crippen MR) is 64.4 cm³/mol. The average molecular weight is 188 g/mol. The minimum absolute atomic E-state index is 1.18. The van der Waals surface area contributed by atoms with E-state index in [1.54, 1.807) is 0 Å².